The summed E-state index contributed by atoms with van der Waals surface area (Å²) in [7, 11) is 0. The van der Waals surface area contributed by atoms with Crippen LogP contribution in [-0.2, 0) is 24.5 Å². The van der Waals surface area contributed by atoms with E-state index in [1.54, 1.807) is 4.57 Å². The van der Waals surface area contributed by atoms with Crippen LogP contribution in [0.3, 0.4) is 0 Å². The number of aliphatic hydroxyl groups is 1. The van der Waals surface area contributed by atoms with E-state index in [0.717, 1.165) is 16.6 Å². The molecule has 1 N–H and O–H groups in total. The predicted octanol–water partition coefficient (Wildman–Crippen LogP) is 2.97. The van der Waals surface area contributed by atoms with Crippen molar-refractivity contribution in [2.75, 3.05) is 0 Å². The highest BCUT2D eigenvalue weighted by Crippen LogP contribution is 2.17. The molecular weight excluding hydrogens is 314 g/mol. The van der Waals surface area contributed by atoms with Crippen LogP contribution < -0.4 is 0 Å². The highest BCUT2D eigenvalue weighted by molar-refractivity contribution is 5.81. The summed E-state index contributed by atoms with van der Waals surface area (Å²) >= 11 is 0. The van der Waals surface area contributed by atoms with E-state index < -0.39 is 0 Å². The lowest BCUT2D eigenvalue weighted by molar-refractivity contribution is -0.134. The topological polar surface area (TPSA) is 58.4 Å². The molecule has 0 unspecified atom stereocenters. The van der Waals surface area contributed by atoms with E-state index in [4.69, 9.17) is 0 Å². The van der Waals surface area contributed by atoms with Gasteiger partial charge in [-0.15, -0.1) is 0 Å². The van der Waals surface area contributed by atoms with Crippen molar-refractivity contribution < 1.29 is 9.90 Å². The Bertz CT molecular complexity index is 856. The molecule has 2 aromatic carbocycles. The van der Waals surface area contributed by atoms with Crippen LogP contribution in [0.25, 0.3) is 11.0 Å². The summed E-state index contributed by atoms with van der Waals surface area (Å²) in [5.41, 5.74) is 2.75. The quantitative estimate of drug-likeness (QED) is 0.752. The summed E-state index contributed by atoms with van der Waals surface area (Å²) in [6.45, 7) is 4.57. The maximum absolute atomic E-state index is 13.0. The van der Waals surface area contributed by atoms with Crippen LogP contribution in [-0.4, -0.2) is 31.5 Å². The Balaban J connectivity index is 1.87. The molecule has 0 aliphatic heterocycles. The molecule has 0 saturated heterocycles. The molecule has 25 heavy (non-hydrogen) atoms. The van der Waals surface area contributed by atoms with Crippen LogP contribution in [0.2, 0.25) is 0 Å². The number of para-hydroxylation sites is 2. The SMILES string of the molecule is CC(C)N(Cc1ccccc1)C(=O)Cn1c(CO)nc2ccccc21. The van der Waals surface area contributed by atoms with E-state index in [0.29, 0.717) is 12.4 Å². The highest BCUT2D eigenvalue weighted by atomic mass is 16.3. The van der Waals surface area contributed by atoms with Crippen LogP contribution >= 0.6 is 0 Å². The molecule has 0 fully saturated rings. The summed E-state index contributed by atoms with van der Waals surface area (Å²) in [4.78, 5) is 19.2. The second-order valence-electron chi connectivity index (χ2n) is 6.36. The van der Waals surface area contributed by atoms with E-state index in [-0.39, 0.29) is 25.1 Å². The average molecular weight is 337 g/mol. The molecule has 3 rings (SSSR count). The zero-order valence-corrected chi connectivity index (χ0v) is 14.6. The Kier molecular flexibility index (Phi) is 5.14. The van der Waals surface area contributed by atoms with Gasteiger partial charge in [0.2, 0.25) is 5.91 Å². The molecule has 0 radical (unpaired) electrons. The first kappa shape index (κ1) is 17.2. The molecule has 3 aromatic rings. The van der Waals surface area contributed by atoms with Gasteiger partial charge in [0, 0.05) is 12.6 Å². The van der Waals surface area contributed by atoms with E-state index in [1.165, 1.54) is 0 Å². The largest absolute Gasteiger partial charge is 0.388 e. The van der Waals surface area contributed by atoms with Gasteiger partial charge in [-0.05, 0) is 31.5 Å². The summed E-state index contributed by atoms with van der Waals surface area (Å²) in [6, 6.07) is 17.7. The molecule has 0 saturated carbocycles. The van der Waals surface area contributed by atoms with Gasteiger partial charge in [-0.2, -0.15) is 0 Å². The number of rotatable bonds is 6. The van der Waals surface area contributed by atoms with Crippen molar-refractivity contribution >= 4 is 16.9 Å². The molecule has 5 heteroatoms. The Hall–Kier alpha value is -2.66. The minimum absolute atomic E-state index is 0.0108. The normalized spacial score (nSPS) is 11.2. The Morgan fingerprint density at radius 2 is 1.80 bits per heavy atom. The summed E-state index contributed by atoms with van der Waals surface area (Å²) < 4.78 is 1.80. The number of carbonyl (C=O) groups excluding carboxylic acids is 1. The van der Waals surface area contributed by atoms with E-state index in [9.17, 15) is 9.90 Å². The number of fused-ring (bicyclic) bond motifs is 1. The van der Waals surface area contributed by atoms with Gasteiger partial charge in [0.25, 0.3) is 0 Å². The van der Waals surface area contributed by atoms with Gasteiger partial charge >= 0.3 is 0 Å². The van der Waals surface area contributed by atoms with Crippen LogP contribution in [0.15, 0.2) is 54.6 Å². The Morgan fingerprint density at radius 1 is 1.12 bits per heavy atom. The molecule has 0 aliphatic rings. The molecule has 0 aliphatic carbocycles. The second kappa shape index (κ2) is 7.49. The zero-order chi connectivity index (χ0) is 17.8. The molecule has 130 valence electrons. The number of aromatic nitrogens is 2. The number of hydrogen-bond acceptors (Lipinski definition) is 3. The third-order valence-corrected chi connectivity index (χ3v) is 4.31. The highest BCUT2D eigenvalue weighted by Gasteiger charge is 2.20. The van der Waals surface area contributed by atoms with Crippen molar-refractivity contribution in [3.63, 3.8) is 0 Å². The number of amides is 1. The molecule has 1 aromatic heterocycles. The molecule has 0 bridgehead atoms. The molecule has 1 heterocycles. The maximum Gasteiger partial charge on any atom is 0.243 e. The van der Waals surface area contributed by atoms with Gasteiger partial charge in [-0.3, -0.25) is 4.79 Å². The summed E-state index contributed by atoms with van der Waals surface area (Å²) in [6.07, 6.45) is 0. The number of aliphatic hydroxyl groups excluding tert-OH is 1. The smallest absolute Gasteiger partial charge is 0.243 e. The van der Waals surface area contributed by atoms with Crippen LogP contribution in [0.4, 0.5) is 0 Å². The molecule has 5 nitrogen and oxygen atoms in total. The van der Waals surface area contributed by atoms with Crippen molar-refractivity contribution in [2.24, 2.45) is 0 Å². The fourth-order valence-corrected chi connectivity index (χ4v) is 2.99. The van der Waals surface area contributed by atoms with E-state index in [1.807, 2.05) is 73.3 Å². The first-order valence-corrected chi connectivity index (χ1v) is 8.48. The van der Waals surface area contributed by atoms with Gasteiger partial charge in [0.05, 0.1) is 11.0 Å². The molecule has 1 amide bonds. The lowest BCUT2D eigenvalue weighted by Crippen LogP contribution is -2.38. The van der Waals surface area contributed by atoms with Crippen LogP contribution in [0.1, 0.15) is 25.2 Å². The van der Waals surface area contributed by atoms with Crippen molar-refractivity contribution in [2.45, 2.75) is 39.6 Å². The number of nitrogens with zero attached hydrogens (tertiary/aromatic N) is 3. The minimum atomic E-state index is -0.192. The van der Waals surface area contributed by atoms with Crippen molar-refractivity contribution in [3.05, 3.63) is 66.0 Å². The lowest BCUT2D eigenvalue weighted by Gasteiger charge is -2.27. The van der Waals surface area contributed by atoms with Gasteiger partial charge in [0.1, 0.15) is 19.0 Å². The summed E-state index contributed by atoms with van der Waals surface area (Å²) in [5, 5.41) is 9.61. The monoisotopic (exact) mass is 337 g/mol. The zero-order valence-electron chi connectivity index (χ0n) is 14.6. The van der Waals surface area contributed by atoms with Crippen molar-refractivity contribution in [1.29, 1.82) is 0 Å². The Morgan fingerprint density at radius 3 is 2.48 bits per heavy atom. The molecule has 0 spiro atoms. The fraction of sp³-hybridized carbons (Fsp3) is 0.300. The minimum Gasteiger partial charge on any atom is -0.388 e. The number of imidazole rings is 1. The second-order valence-corrected chi connectivity index (χ2v) is 6.36. The maximum atomic E-state index is 13.0. The standard InChI is InChI=1S/C20H23N3O2/c1-15(2)22(12-16-8-4-3-5-9-16)20(25)13-23-18-11-7-6-10-17(18)21-19(23)14-24/h3-11,15,24H,12-14H2,1-2H3. The van der Waals surface area contributed by atoms with Crippen LogP contribution in [0, 0.1) is 0 Å². The van der Waals surface area contributed by atoms with E-state index in [2.05, 4.69) is 4.98 Å². The molecular formula is C20H23N3O2. The fourth-order valence-electron chi connectivity index (χ4n) is 2.99. The third kappa shape index (κ3) is 3.72. The van der Waals surface area contributed by atoms with Gasteiger partial charge in [-0.25, -0.2) is 4.98 Å². The first-order chi connectivity index (χ1) is 12.1. The number of hydrogen-bond donors (Lipinski definition) is 1. The van der Waals surface area contributed by atoms with Crippen LogP contribution in [0.5, 0.6) is 0 Å². The predicted molar refractivity (Wildman–Crippen MR) is 97.8 cm³/mol. The van der Waals surface area contributed by atoms with Gasteiger partial charge in [-0.1, -0.05) is 42.5 Å². The number of carbonyl (C=O) groups is 1. The third-order valence-electron chi connectivity index (χ3n) is 4.31. The first-order valence-electron chi connectivity index (χ1n) is 8.48. The molecule has 0 atom stereocenters. The number of benzene rings is 2. The van der Waals surface area contributed by atoms with Gasteiger partial charge in [0.15, 0.2) is 0 Å². The lowest BCUT2D eigenvalue weighted by atomic mass is 10.2. The van der Waals surface area contributed by atoms with Crippen molar-refractivity contribution in [1.82, 2.24) is 14.5 Å². The van der Waals surface area contributed by atoms with Crippen molar-refractivity contribution in [3.8, 4) is 0 Å². The van der Waals surface area contributed by atoms with Gasteiger partial charge < -0.3 is 14.6 Å². The summed E-state index contributed by atoms with van der Waals surface area (Å²) in [5.74, 6) is 0.523. The average Bonchev–Trinajstić information content (AvgIpc) is 2.98. The Labute approximate surface area is 147 Å². The van der Waals surface area contributed by atoms with E-state index >= 15 is 0 Å².